The molecule has 0 bridgehead atoms. The van der Waals surface area contributed by atoms with Crippen molar-refractivity contribution in [3.05, 3.63) is 12.4 Å². The minimum Gasteiger partial charge on any atom is -0.314 e. The van der Waals surface area contributed by atoms with Crippen LogP contribution < -0.4 is 5.32 Å². The molecule has 0 spiro atoms. The summed E-state index contributed by atoms with van der Waals surface area (Å²) in [5.74, 6) is 0.443. The van der Waals surface area contributed by atoms with Crippen molar-refractivity contribution in [2.24, 2.45) is 5.92 Å². The predicted octanol–water partition coefficient (Wildman–Crippen LogP) is 0.562. The molecule has 0 radical (unpaired) electrons. The Morgan fingerprint density at radius 3 is 2.89 bits per heavy atom. The maximum absolute atomic E-state index is 12.5. The van der Waals surface area contributed by atoms with Crippen LogP contribution in [0.3, 0.4) is 0 Å². The lowest BCUT2D eigenvalue weighted by atomic mass is 9.91. The second kappa shape index (κ2) is 5.22. The van der Waals surface area contributed by atoms with Crippen LogP contribution in [0.1, 0.15) is 25.7 Å². The monoisotopic (exact) mass is 284 g/mol. The van der Waals surface area contributed by atoms with Crippen LogP contribution in [-0.4, -0.2) is 48.6 Å². The number of sulfonamides is 1. The highest BCUT2D eigenvalue weighted by molar-refractivity contribution is 7.89. The van der Waals surface area contributed by atoms with Crippen LogP contribution in [0.15, 0.2) is 17.3 Å². The summed E-state index contributed by atoms with van der Waals surface area (Å²) in [7, 11) is -3.37. The largest absolute Gasteiger partial charge is 0.314 e. The van der Waals surface area contributed by atoms with Crippen LogP contribution in [-0.2, 0) is 10.0 Å². The van der Waals surface area contributed by atoms with Gasteiger partial charge in [0.05, 0.1) is 6.20 Å². The van der Waals surface area contributed by atoms with Gasteiger partial charge in [-0.2, -0.15) is 9.40 Å². The second-order valence-corrected chi connectivity index (χ2v) is 7.34. The van der Waals surface area contributed by atoms with Gasteiger partial charge in [-0.25, -0.2) is 8.42 Å². The van der Waals surface area contributed by atoms with E-state index >= 15 is 0 Å². The molecule has 2 aliphatic rings. The van der Waals surface area contributed by atoms with Crippen molar-refractivity contribution >= 4 is 10.0 Å². The lowest BCUT2D eigenvalue weighted by Crippen LogP contribution is -2.45. The topological polar surface area (TPSA) is 78.1 Å². The molecule has 2 aliphatic heterocycles. The van der Waals surface area contributed by atoms with E-state index in [4.69, 9.17) is 0 Å². The molecular weight excluding hydrogens is 264 g/mol. The first kappa shape index (κ1) is 13.1. The van der Waals surface area contributed by atoms with E-state index in [1.165, 1.54) is 25.2 Å². The SMILES string of the molecule is O=S(=O)(c1cn[nH]c1)N1CCCC(C2CCCN2)C1. The van der Waals surface area contributed by atoms with Gasteiger partial charge in [-0.05, 0) is 38.1 Å². The van der Waals surface area contributed by atoms with Crippen LogP contribution in [0.4, 0.5) is 0 Å². The smallest absolute Gasteiger partial charge is 0.246 e. The molecule has 0 aliphatic carbocycles. The Balaban J connectivity index is 1.74. The van der Waals surface area contributed by atoms with E-state index in [1.54, 1.807) is 4.31 Å². The highest BCUT2D eigenvalue weighted by Crippen LogP contribution is 2.28. The molecule has 1 aromatic heterocycles. The van der Waals surface area contributed by atoms with E-state index in [9.17, 15) is 8.42 Å². The van der Waals surface area contributed by atoms with Crippen molar-refractivity contribution in [2.45, 2.75) is 36.6 Å². The standard InChI is InChI=1S/C12H20N4O2S/c17-19(18,11-7-14-15-8-11)16-6-2-3-10(9-16)12-4-1-5-13-12/h7-8,10,12-13H,1-6,9H2,(H,14,15). The Labute approximate surface area is 113 Å². The molecule has 3 rings (SSSR count). The summed E-state index contributed by atoms with van der Waals surface area (Å²) >= 11 is 0. The summed E-state index contributed by atoms with van der Waals surface area (Å²) in [6.45, 7) is 2.32. The minimum absolute atomic E-state index is 0.271. The number of rotatable bonds is 3. The van der Waals surface area contributed by atoms with E-state index in [0.29, 0.717) is 25.0 Å². The summed E-state index contributed by atoms with van der Waals surface area (Å²) in [4.78, 5) is 0.271. The first-order valence-electron chi connectivity index (χ1n) is 6.90. The Morgan fingerprint density at radius 2 is 2.21 bits per heavy atom. The second-order valence-electron chi connectivity index (χ2n) is 5.40. The van der Waals surface area contributed by atoms with Gasteiger partial charge in [-0.15, -0.1) is 0 Å². The molecule has 2 unspecified atom stereocenters. The molecule has 19 heavy (non-hydrogen) atoms. The first-order chi connectivity index (χ1) is 9.18. The van der Waals surface area contributed by atoms with Crippen molar-refractivity contribution in [3.8, 4) is 0 Å². The van der Waals surface area contributed by atoms with E-state index in [1.807, 2.05) is 0 Å². The van der Waals surface area contributed by atoms with Gasteiger partial charge in [-0.3, -0.25) is 5.10 Å². The number of nitrogens with zero attached hydrogens (tertiary/aromatic N) is 2. The summed E-state index contributed by atoms with van der Waals surface area (Å²) in [5, 5.41) is 9.80. The zero-order valence-electron chi connectivity index (χ0n) is 10.9. The van der Waals surface area contributed by atoms with E-state index in [-0.39, 0.29) is 4.90 Å². The summed E-state index contributed by atoms with van der Waals surface area (Å²) < 4.78 is 26.5. The quantitative estimate of drug-likeness (QED) is 0.850. The first-order valence-corrected chi connectivity index (χ1v) is 8.34. The number of aromatic amines is 1. The maximum Gasteiger partial charge on any atom is 0.246 e. The third kappa shape index (κ3) is 2.54. The Bertz CT molecular complexity index is 508. The Hall–Kier alpha value is -0.920. The van der Waals surface area contributed by atoms with Gasteiger partial charge in [0.15, 0.2) is 0 Å². The van der Waals surface area contributed by atoms with E-state index in [2.05, 4.69) is 15.5 Å². The van der Waals surface area contributed by atoms with Gasteiger partial charge >= 0.3 is 0 Å². The molecule has 6 nitrogen and oxygen atoms in total. The number of H-pyrrole nitrogens is 1. The molecule has 7 heteroatoms. The van der Waals surface area contributed by atoms with Crippen molar-refractivity contribution in [3.63, 3.8) is 0 Å². The zero-order chi connectivity index (χ0) is 13.3. The third-order valence-corrected chi connectivity index (χ3v) is 6.03. The Morgan fingerprint density at radius 1 is 1.32 bits per heavy atom. The molecule has 2 atom stereocenters. The Kier molecular flexibility index (Phi) is 3.60. The molecule has 2 fully saturated rings. The molecule has 0 aromatic carbocycles. The van der Waals surface area contributed by atoms with Gasteiger partial charge in [0, 0.05) is 25.3 Å². The lowest BCUT2D eigenvalue weighted by molar-refractivity contribution is 0.226. The molecule has 3 heterocycles. The van der Waals surface area contributed by atoms with Gasteiger partial charge in [0.25, 0.3) is 0 Å². The van der Waals surface area contributed by atoms with Crippen LogP contribution >= 0.6 is 0 Å². The van der Waals surface area contributed by atoms with Crippen molar-refractivity contribution in [1.29, 1.82) is 0 Å². The highest BCUT2D eigenvalue weighted by Gasteiger charge is 2.34. The molecule has 106 valence electrons. The number of nitrogens with one attached hydrogen (secondary N) is 2. The van der Waals surface area contributed by atoms with Gasteiger partial charge < -0.3 is 5.32 Å². The third-order valence-electron chi connectivity index (χ3n) is 4.20. The van der Waals surface area contributed by atoms with E-state index < -0.39 is 10.0 Å². The number of hydrogen-bond acceptors (Lipinski definition) is 4. The van der Waals surface area contributed by atoms with Crippen LogP contribution in [0.5, 0.6) is 0 Å². The van der Waals surface area contributed by atoms with Gasteiger partial charge in [0.2, 0.25) is 10.0 Å². The average molecular weight is 284 g/mol. The molecule has 2 saturated heterocycles. The molecular formula is C12H20N4O2S. The van der Waals surface area contributed by atoms with Crippen molar-refractivity contribution in [1.82, 2.24) is 19.8 Å². The van der Waals surface area contributed by atoms with Crippen molar-refractivity contribution < 1.29 is 8.42 Å². The van der Waals surface area contributed by atoms with Crippen LogP contribution in [0.2, 0.25) is 0 Å². The normalized spacial score (nSPS) is 29.7. The van der Waals surface area contributed by atoms with Gasteiger partial charge in [-0.1, -0.05) is 0 Å². The summed E-state index contributed by atoms with van der Waals surface area (Å²) in [6.07, 6.45) is 7.27. The van der Waals surface area contributed by atoms with E-state index in [0.717, 1.165) is 19.4 Å². The minimum atomic E-state index is -3.37. The lowest BCUT2D eigenvalue weighted by Gasteiger charge is -2.34. The highest BCUT2D eigenvalue weighted by atomic mass is 32.2. The van der Waals surface area contributed by atoms with Crippen molar-refractivity contribution in [2.75, 3.05) is 19.6 Å². The number of piperidine rings is 1. The zero-order valence-corrected chi connectivity index (χ0v) is 11.7. The molecule has 2 N–H and O–H groups in total. The number of aromatic nitrogens is 2. The van der Waals surface area contributed by atoms with Crippen LogP contribution in [0.25, 0.3) is 0 Å². The maximum atomic E-state index is 12.5. The molecule has 0 saturated carbocycles. The average Bonchev–Trinajstić information content (AvgIpc) is 3.12. The molecule has 1 aromatic rings. The van der Waals surface area contributed by atoms with Crippen LogP contribution in [0, 0.1) is 5.92 Å². The molecule has 0 amide bonds. The predicted molar refractivity (Wildman–Crippen MR) is 71.1 cm³/mol. The summed E-state index contributed by atoms with van der Waals surface area (Å²) in [5.41, 5.74) is 0. The fourth-order valence-corrected chi connectivity index (χ4v) is 4.61. The number of hydrogen-bond donors (Lipinski definition) is 2. The fraction of sp³-hybridized carbons (Fsp3) is 0.750. The van der Waals surface area contributed by atoms with Gasteiger partial charge in [0.1, 0.15) is 4.90 Å². The fourth-order valence-electron chi connectivity index (χ4n) is 3.16. The summed E-state index contributed by atoms with van der Waals surface area (Å²) in [6, 6.07) is 0.488.